The van der Waals surface area contributed by atoms with E-state index in [0.29, 0.717) is 5.56 Å². The molecule has 1 aromatic heterocycles. The molecule has 1 aromatic carbocycles. The molecule has 0 radical (unpaired) electrons. The lowest BCUT2D eigenvalue weighted by Gasteiger charge is -2.05. The van der Waals surface area contributed by atoms with E-state index in [2.05, 4.69) is 4.98 Å². The topological polar surface area (TPSA) is 39.2 Å². The number of esters is 1. The first-order valence-electron chi connectivity index (χ1n) is 5.98. The molecule has 3 heteroatoms. The molecule has 2 rings (SSSR count). The first-order chi connectivity index (χ1) is 9.20. The molecule has 0 amide bonds. The summed E-state index contributed by atoms with van der Waals surface area (Å²) in [6, 6.07) is 9.53. The van der Waals surface area contributed by atoms with E-state index >= 15 is 0 Å². The number of aromatic nitrogens is 1. The third-order valence-electron chi connectivity index (χ3n) is 2.78. The fraction of sp³-hybridized carbons (Fsp3) is 0.125. The molecule has 19 heavy (non-hydrogen) atoms. The smallest absolute Gasteiger partial charge is 0.338 e. The van der Waals surface area contributed by atoms with Gasteiger partial charge in [0.05, 0.1) is 12.7 Å². The van der Waals surface area contributed by atoms with Gasteiger partial charge < -0.3 is 4.74 Å². The molecule has 0 unspecified atom stereocenters. The second-order valence-electron chi connectivity index (χ2n) is 4.20. The third kappa shape index (κ3) is 3.28. The zero-order valence-corrected chi connectivity index (χ0v) is 11.0. The largest absolute Gasteiger partial charge is 0.465 e. The number of aryl methyl sites for hydroxylation is 1. The van der Waals surface area contributed by atoms with Crippen molar-refractivity contribution in [1.29, 1.82) is 0 Å². The molecule has 3 nitrogen and oxygen atoms in total. The average molecular weight is 253 g/mol. The number of ether oxygens (including phenoxy) is 1. The summed E-state index contributed by atoms with van der Waals surface area (Å²) < 4.78 is 4.80. The molecule has 0 aliphatic heterocycles. The minimum absolute atomic E-state index is 0.321. The van der Waals surface area contributed by atoms with Gasteiger partial charge in [0.2, 0.25) is 0 Å². The van der Waals surface area contributed by atoms with E-state index in [-0.39, 0.29) is 5.97 Å². The van der Waals surface area contributed by atoms with E-state index in [1.807, 2.05) is 49.4 Å². The molecule has 1 heterocycles. The summed E-state index contributed by atoms with van der Waals surface area (Å²) in [6.45, 7) is 1.95. The number of nitrogens with zero attached hydrogens (tertiary/aromatic N) is 1. The van der Waals surface area contributed by atoms with Crippen LogP contribution in [0.4, 0.5) is 0 Å². The molecule has 0 spiro atoms. The Hall–Kier alpha value is -2.42. The van der Waals surface area contributed by atoms with Crippen LogP contribution in [0.15, 0.2) is 42.7 Å². The highest BCUT2D eigenvalue weighted by Gasteiger charge is 2.09. The van der Waals surface area contributed by atoms with E-state index in [0.717, 1.165) is 16.7 Å². The van der Waals surface area contributed by atoms with Crippen molar-refractivity contribution in [3.8, 4) is 0 Å². The van der Waals surface area contributed by atoms with Gasteiger partial charge in [-0.3, -0.25) is 4.98 Å². The van der Waals surface area contributed by atoms with Crippen LogP contribution in [0, 0.1) is 6.92 Å². The van der Waals surface area contributed by atoms with Crippen molar-refractivity contribution in [2.45, 2.75) is 6.92 Å². The monoisotopic (exact) mass is 253 g/mol. The second kappa shape index (κ2) is 5.96. The number of rotatable bonds is 3. The van der Waals surface area contributed by atoms with Crippen LogP contribution in [-0.4, -0.2) is 18.1 Å². The van der Waals surface area contributed by atoms with Gasteiger partial charge in [-0.25, -0.2) is 4.79 Å². The van der Waals surface area contributed by atoms with Gasteiger partial charge in [0.1, 0.15) is 0 Å². The quantitative estimate of drug-likeness (QED) is 0.787. The van der Waals surface area contributed by atoms with Crippen LogP contribution in [-0.2, 0) is 4.74 Å². The summed E-state index contributed by atoms with van der Waals surface area (Å²) in [5.41, 5.74) is 3.48. The lowest BCUT2D eigenvalue weighted by Crippen LogP contribution is -2.03. The summed E-state index contributed by atoms with van der Waals surface area (Å²) >= 11 is 0. The number of carbonyl (C=O) groups excluding carboxylic acids is 1. The molecule has 0 aliphatic rings. The van der Waals surface area contributed by atoms with Crippen LogP contribution < -0.4 is 0 Å². The molecule has 0 saturated carbocycles. The van der Waals surface area contributed by atoms with E-state index in [9.17, 15) is 4.79 Å². The third-order valence-corrected chi connectivity index (χ3v) is 2.78. The normalized spacial score (nSPS) is 10.6. The molecule has 0 N–H and O–H groups in total. The van der Waals surface area contributed by atoms with Crippen LogP contribution in [0.1, 0.15) is 27.0 Å². The Morgan fingerprint density at radius 1 is 1.16 bits per heavy atom. The van der Waals surface area contributed by atoms with Crippen LogP contribution in [0.25, 0.3) is 12.2 Å². The molecule has 96 valence electrons. The van der Waals surface area contributed by atoms with Gasteiger partial charge in [-0.05, 0) is 36.2 Å². The number of methoxy groups -OCH3 is 1. The maximum Gasteiger partial charge on any atom is 0.338 e. The Labute approximate surface area is 112 Å². The van der Waals surface area contributed by atoms with Gasteiger partial charge >= 0.3 is 5.97 Å². The molecule has 2 aromatic rings. The number of benzene rings is 1. The number of hydrogen-bond acceptors (Lipinski definition) is 3. The van der Waals surface area contributed by atoms with Crippen molar-refractivity contribution in [3.63, 3.8) is 0 Å². The number of carbonyl (C=O) groups is 1. The molecule has 0 bridgehead atoms. The second-order valence-corrected chi connectivity index (χ2v) is 4.20. The molecular formula is C16H15NO2. The Kier molecular flexibility index (Phi) is 4.08. The zero-order chi connectivity index (χ0) is 13.7. The highest BCUT2D eigenvalue weighted by molar-refractivity contribution is 5.95. The fourth-order valence-corrected chi connectivity index (χ4v) is 1.76. The molecule has 0 saturated heterocycles. The van der Waals surface area contributed by atoms with Crippen LogP contribution >= 0.6 is 0 Å². The predicted molar refractivity (Wildman–Crippen MR) is 75.7 cm³/mol. The predicted octanol–water partition coefficient (Wildman–Crippen LogP) is 3.35. The highest BCUT2D eigenvalue weighted by Crippen LogP contribution is 2.16. The Bertz CT molecular complexity index is 603. The lowest BCUT2D eigenvalue weighted by molar-refractivity contribution is 0.0600. The van der Waals surface area contributed by atoms with E-state index < -0.39 is 0 Å². The van der Waals surface area contributed by atoms with Gasteiger partial charge in [-0.15, -0.1) is 0 Å². The SMILES string of the molecule is COC(=O)c1cc(C)ccc1C=Cc1ccncc1. The molecule has 0 atom stereocenters. The van der Waals surface area contributed by atoms with Gasteiger partial charge in [0.15, 0.2) is 0 Å². The summed E-state index contributed by atoms with van der Waals surface area (Å²) in [5.74, 6) is -0.321. The van der Waals surface area contributed by atoms with E-state index in [1.165, 1.54) is 7.11 Å². The van der Waals surface area contributed by atoms with Crippen LogP contribution in [0.2, 0.25) is 0 Å². The van der Waals surface area contributed by atoms with Crippen molar-refractivity contribution in [3.05, 3.63) is 65.0 Å². The van der Waals surface area contributed by atoms with Gasteiger partial charge in [0, 0.05) is 12.4 Å². The summed E-state index contributed by atoms with van der Waals surface area (Å²) in [7, 11) is 1.39. The summed E-state index contributed by atoms with van der Waals surface area (Å²) in [6.07, 6.45) is 7.31. The lowest BCUT2D eigenvalue weighted by atomic mass is 10.0. The summed E-state index contributed by atoms with van der Waals surface area (Å²) in [5, 5.41) is 0. The first kappa shape index (κ1) is 13.0. The highest BCUT2D eigenvalue weighted by atomic mass is 16.5. The maximum atomic E-state index is 11.7. The Morgan fingerprint density at radius 2 is 1.89 bits per heavy atom. The Morgan fingerprint density at radius 3 is 2.58 bits per heavy atom. The molecule has 0 fully saturated rings. The Balaban J connectivity index is 2.35. The standard InChI is InChI=1S/C16H15NO2/c1-12-3-5-14(15(11-12)16(18)19-2)6-4-13-7-9-17-10-8-13/h3-11H,1-2H3. The first-order valence-corrected chi connectivity index (χ1v) is 5.98. The molecular weight excluding hydrogens is 238 g/mol. The fourth-order valence-electron chi connectivity index (χ4n) is 1.76. The zero-order valence-electron chi connectivity index (χ0n) is 11.0. The minimum Gasteiger partial charge on any atom is -0.465 e. The summed E-state index contributed by atoms with van der Waals surface area (Å²) in [4.78, 5) is 15.7. The van der Waals surface area contributed by atoms with Gasteiger partial charge in [-0.2, -0.15) is 0 Å². The van der Waals surface area contributed by atoms with Crippen LogP contribution in [0.5, 0.6) is 0 Å². The van der Waals surface area contributed by atoms with Crippen molar-refractivity contribution in [1.82, 2.24) is 4.98 Å². The average Bonchev–Trinajstić information content (AvgIpc) is 2.46. The molecule has 0 aliphatic carbocycles. The van der Waals surface area contributed by atoms with Crippen molar-refractivity contribution >= 4 is 18.1 Å². The van der Waals surface area contributed by atoms with Gasteiger partial charge in [-0.1, -0.05) is 29.8 Å². The van der Waals surface area contributed by atoms with Crippen molar-refractivity contribution < 1.29 is 9.53 Å². The van der Waals surface area contributed by atoms with Crippen LogP contribution in [0.3, 0.4) is 0 Å². The van der Waals surface area contributed by atoms with Crippen molar-refractivity contribution in [2.75, 3.05) is 7.11 Å². The minimum atomic E-state index is -0.321. The van der Waals surface area contributed by atoms with Crippen molar-refractivity contribution in [2.24, 2.45) is 0 Å². The van der Waals surface area contributed by atoms with Gasteiger partial charge in [0.25, 0.3) is 0 Å². The van der Waals surface area contributed by atoms with E-state index in [1.54, 1.807) is 12.4 Å². The maximum absolute atomic E-state index is 11.7. The number of hydrogen-bond donors (Lipinski definition) is 0. The van der Waals surface area contributed by atoms with E-state index in [4.69, 9.17) is 4.74 Å². The number of pyridine rings is 1.